The minimum Gasteiger partial charge on any atom is -0.352 e. The van der Waals surface area contributed by atoms with Crippen LogP contribution in [0.5, 0.6) is 0 Å². The zero-order chi connectivity index (χ0) is 14.8. The number of likely N-dealkylation sites (tertiary alicyclic amines) is 1. The number of rotatable bonds is 5. The summed E-state index contributed by atoms with van der Waals surface area (Å²) >= 11 is 1.69. The van der Waals surface area contributed by atoms with E-state index >= 15 is 0 Å². The van der Waals surface area contributed by atoms with Crippen LogP contribution in [-0.2, 0) is 16.1 Å². The van der Waals surface area contributed by atoms with Gasteiger partial charge in [-0.2, -0.15) is 0 Å². The molecule has 1 saturated carbocycles. The third kappa shape index (κ3) is 3.40. The van der Waals surface area contributed by atoms with E-state index < -0.39 is 0 Å². The Hall–Kier alpha value is -1.49. The topological polar surface area (TPSA) is 49.4 Å². The molecule has 2 fully saturated rings. The van der Waals surface area contributed by atoms with E-state index in [-0.39, 0.29) is 17.7 Å². The van der Waals surface area contributed by atoms with Crippen molar-refractivity contribution in [3.05, 3.63) is 29.8 Å². The Labute approximate surface area is 129 Å². The SMILES string of the molecule is CSc1cccc(CNC(=O)[C@@H]2CC(=O)N(C3CC3)C2)c1. The van der Waals surface area contributed by atoms with Gasteiger partial charge in [-0.05, 0) is 36.8 Å². The summed E-state index contributed by atoms with van der Waals surface area (Å²) in [6, 6.07) is 8.56. The van der Waals surface area contributed by atoms with Crippen molar-refractivity contribution in [3.63, 3.8) is 0 Å². The van der Waals surface area contributed by atoms with Crippen LogP contribution in [-0.4, -0.2) is 35.6 Å². The monoisotopic (exact) mass is 304 g/mol. The van der Waals surface area contributed by atoms with Crippen LogP contribution in [0.2, 0.25) is 0 Å². The van der Waals surface area contributed by atoms with E-state index in [1.165, 1.54) is 4.90 Å². The Kier molecular flexibility index (Phi) is 4.19. The number of thioether (sulfide) groups is 1. The molecule has 1 aromatic carbocycles. The lowest BCUT2D eigenvalue weighted by Crippen LogP contribution is -2.33. The van der Waals surface area contributed by atoms with Crippen LogP contribution >= 0.6 is 11.8 Å². The van der Waals surface area contributed by atoms with Crippen molar-refractivity contribution in [1.29, 1.82) is 0 Å². The summed E-state index contributed by atoms with van der Waals surface area (Å²) in [6.07, 6.45) is 4.60. The summed E-state index contributed by atoms with van der Waals surface area (Å²) in [6.45, 7) is 1.13. The maximum Gasteiger partial charge on any atom is 0.225 e. The van der Waals surface area contributed by atoms with E-state index in [4.69, 9.17) is 0 Å². The van der Waals surface area contributed by atoms with Crippen LogP contribution in [0, 0.1) is 5.92 Å². The van der Waals surface area contributed by atoms with Gasteiger partial charge in [0, 0.05) is 30.4 Å². The summed E-state index contributed by atoms with van der Waals surface area (Å²) in [4.78, 5) is 27.2. The molecule has 1 N–H and O–H groups in total. The molecule has 112 valence electrons. The molecule has 4 nitrogen and oxygen atoms in total. The molecule has 21 heavy (non-hydrogen) atoms. The van der Waals surface area contributed by atoms with E-state index in [1.54, 1.807) is 11.8 Å². The number of amides is 2. The van der Waals surface area contributed by atoms with E-state index in [0.717, 1.165) is 18.4 Å². The molecule has 0 unspecified atom stereocenters. The highest BCUT2D eigenvalue weighted by Gasteiger charge is 2.41. The second-order valence-corrected chi connectivity index (χ2v) is 6.63. The zero-order valence-corrected chi connectivity index (χ0v) is 13.0. The van der Waals surface area contributed by atoms with Crippen LogP contribution in [0.25, 0.3) is 0 Å². The van der Waals surface area contributed by atoms with Crippen LogP contribution in [0.4, 0.5) is 0 Å². The summed E-state index contributed by atoms with van der Waals surface area (Å²) in [5.74, 6) is -0.0371. The third-order valence-electron chi connectivity index (χ3n) is 4.12. The van der Waals surface area contributed by atoms with Crippen molar-refractivity contribution in [3.8, 4) is 0 Å². The summed E-state index contributed by atoms with van der Waals surface area (Å²) in [5.41, 5.74) is 1.10. The van der Waals surface area contributed by atoms with Gasteiger partial charge in [-0.3, -0.25) is 9.59 Å². The summed E-state index contributed by atoms with van der Waals surface area (Å²) in [5, 5.41) is 2.97. The van der Waals surface area contributed by atoms with Gasteiger partial charge >= 0.3 is 0 Å². The van der Waals surface area contributed by atoms with Crippen LogP contribution in [0.1, 0.15) is 24.8 Å². The minimum absolute atomic E-state index is 0.000976. The Balaban J connectivity index is 1.53. The van der Waals surface area contributed by atoms with Crippen molar-refractivity contribution in [2.45, 2.75) is 36.7 Å². The normalized spacial score (nSPS) is 21.7. The highest BCUT2D eigenvalue weighted by Crippen LogP contribution is 2.32. The minimum atomic E-state index is -0.179. The average molecular weight is 304 g/mol. The highest BCUT2D eigenvalue weighted by atomic mass is 32.2. The lowest BCUT2D eigenvalue weighted by atomic mass is 10.1. The fourth-order valence-corrected chi connectivity index (χ4v) is 3.25. The molecule has 1 aliphatic heterocycles. The van der Waals surface area contributed by atoms with Gasteiger partial charge in [0.05, 0.1) is 5.92 Å². The number of carbonyl (C=O) groups is 2. The van der Waals surface area contributed by atoms with Crippen molar-refractivity contribution in [2.24, 2.45) is 5.92 Å². The molecule has 1 aliphatic carbocycles. The van der Waals surface area contributed by atoms with Gasteiger partial charge in [0.25, 0.3) is 0 Å². The average Bonchev–Trinajstić information content (AvgIpc) is 3.27. The zero-order valence-electron chi connectivity index (χ0n) is 12.2. The maximum atomic E-state index is 12.2. The van der Waals surface area contributed by atoms with E-state index in [9.17, 15) is 9.59 Å². The molecule has 1 atom stereocenters. The molecule has 0 bridgehead atoms. The van der Waals surface area contributed by atoms with Crippen molar-refractivity contribution >= 4 is 23.6 Å². The molecule has 3 rings (SSSR count). The first-order chi connectivity index (χ1) is 10.2. The lowest BCUT2D eigenvalue weighted by molar-refractivity contribution is -0.129. The van der Waals surface area contributed by atoms with E-state index in [0.29, 0.717) is 25.6 Å². The number of carbonyl (C=O) groups excluding carboxylic acids is 2. The molecule has 5 heteroatoms. The van der Waals surface area contributed by atoms with Gasteiger partial charge in [0.1, 0.15) is 0 Å². The Morgan fingerprint density at radius 3 is 2.95 bits per heavy atom. The largest absolute Gasteiger partial charge is 0.352 e. The smallest absolute Gasteiger partial charge is 0.225 e. The molecule has 0 aromatic heterocycles. The maximum absolute atomic E-state index is 12.2. The fourth-order valence-electron chi connectivity index (χ4n) is 2.76. The standard InChI is InChI=1S/C16H20N2O2S/c1-21-14-4-2-3-11(7-14)9-17-16(20)12-8-15(19)18(10-12)13-5-6-13/h2-4,7,12-13H,5-6,8-10H2,1H3,(H,17,20)/t12-/m1/s1. The third-order valence-corrected chi connectivity index (χ3v) is 4.84. The second kappa shape index (κ2) is 6.10. The number of hydrogen-bond acceptors (Lipinski definition) is 3. The molecular formula is C16H20N2O2S. The number of hydrogen-bond donors (Lipinski definition) is 1. The Morgan fingerprint density at radius 1 is 1.43 bits per heavy atom. The quantitative estimate of drug-likeness (QED) is 0.847. The molecule has 2 aliphatic rings. The second-order valence-electron chi connectivity index (χ2n) is 5.75. The predicted molar refractivity (Wildman–Crippen MR) is 82.9 cm³/mol. The van der Waals surface area contributed by atoms with Gasteiger partial charge in [-0.15, -0.1) is 11.8 Å². The lowest BCUT2D eigenvalue weighted by Gasteiger charge is -2.15. The summed E-state index contributed by atoms with van der Waals surface area (Å²) in [7, 11) is 0. The van der Waals surface area contributed by atoms with Crippen LogP contribution in [0.3, 0.4) is 0 Å². The van der Waals surface area contributed by atoms with Crippen LogP contribution in [0.15, 0.2) is 29.2 Å². The highest BCUT2D eigenvalue weighted by molar-refractivity contribution is 7.98. The Bertz CT molecular complexity index is 557. The number of benzene rings is 1. The first-order valence-corrected chi connectivity index (χ1v) is 8.60. The van der Waals surface area contributed by atoms with Gasteiger partial charge in [-0.25, -0.2) is 0 Å². The number of nitrogens with zero attached hydrogens (tertiary/aromatic N) is 1. The first-order valence-electron chi connectivity index (χ1n) is 7.37. The molecule has 0 radical (unpaired) electrons. The summed E-state index contributed by atoms with van der Waals surface area (Å²) < 4.78 is 0. The van der Waals surface area contributed by atoms with Gasteiger partial charge in [0.15, 0.2) is 0 Å². The Morgan fingerprint density at radius 2 is 2.24 bits per heavy atom. The van der Waals surface area contributed by atoms with Gasteiger partial charge in [0.2, 0.25) is 11.8 Å². The molecular weight excluding hydrogens is 284 g/mol. The van der Waals surface area contributed by atoms with Gasteiger partial charge < -0.3 is 10.2 Å². The molecule has 0 spiro atoms. The van der Waals surface area contributed by atoms with Gasteiger partial charge in [-0.1, -0.05) is 12.1 Å². The molecule has 1 saturated heterocycles. The first kappa shape index (κ1) is 14.4. The van der Waals surface area contributed by atoms with E-state index in [1.807, 2.05) is 23.3 Å². The molecule has 1 aromatic rings. The molecule has 2 amide bonds. The van der Waals surface area contributed by atoms with Crippen molar-refractivity contribution in [1.82, 2.24) is 10.2 Å². The number of nitrogens with one attached hydrogen (secondary N) is 1. The van der Waals surface area contributed by atoms with Crippen molar-refractivity contribution < 1.29 is 9.59 Å². The van der Waals surface area contributed by atoms with E-state index in [2.05, 4.69) is 17.4 Å². The van der Waals surface area contributed by atoms with Crippen LogP contribution < -0.4 is 5.32 Å². The predicted octanol–water partition coefficient (Wildman–Crippen LogP) is 2.04. The van der Waals surface area contributed by atoms with Crippen molar-refractivity contribution in [2.75, 3.05) is 12.8 Å². The molecule has 1 heterocycles. The fraction of sp³-hybridized carbons (Fsp3) is 0.500.